The van der Waals surface area contributed by atoms with E-state index in [4.69, 9.17) is 0 Å². The van der Waals surface area contributed by atoms with Crippen LogP contribution < -0.4 is 5.32 Å². The van der Waals surface area contributed by atoms with Crippen LogP contribution in [0.1, 0.15) is 27.7 Å². The molecule has 0 bridgehead atoms. The molecule has 1 saturated heterocycles. The van der Waals surface area contributed by atoms with E-state index in [1.165, 1.54) is 0 Å². The van der Waals surface area contributed by atoms with E-state index in [0.717, 1.165) is 0 Å². The van der Waals surface area contributed by atoms with E-state index in [1.54, 1.807) is 13.8 Å². The quantitative estimate of drug-likeness (QED) is 0.483. The lowest BCUT2D eigenvalue weighted by Gasteiger charge is -2.39. The molecule has 0 radical (unpaired) electrons. The Balaban J connectivity index is 3.01. The monoisotopic (exact) mass is 331 g/mol. The van der Waals surface area contributed by atoms with Gasteiger partial charge >= 0.3 is 11.9 Å². The molecule has 0 aromatic heterocycles. The average Bonchev–Trinajstić information content (AvgIpc) is 2.64. The van der Waals surface area contributed by atoms with Crippen LogP contribution in [0.25, 0.3) is 0 Å². The van der Waals surface area contributed by atoms with Crippen molar-refractivity contribution in [3.8, 4) is 0 Å². The zero-order chi connectivity index (χ0) is 17.8. The summed E-state index contributed by atoms with van der Waals surface area (Å²) in [6.45, 7) is 8.90. The Morgan fingerprint density at radius 2 is 1.43 bits per heavy atom. The van der Waals surface area contributed by atoms with Gasteiger partial charge in [0.15, 0.2) is 0 Å². The van der Waals surface area contributed by atoms with Crippen LogP contribution in [0, 0.1) is 0 Å². The normalized spacial score (nSPS) is 27.9. The van der Waals surface area contributed by atoms with Crippen LogP contribution in [0.4, 0.5) is 0 Å². The number of nitrogens with one attached hydrogen (secondary N) is 1. The van der Waals surface area contributed by atoms with Crippen molar-refractivity contribution in [3.63, 3.8) is 0 Å². The Hall–Kier alpha value is -1.22. The van der Waals surface area contributed by atoms with Crippen molar-refractivity contribution in [1.82, 2.24) is 15.1 Å². The van der Waals surface area contributed by atoms with Gasteiger partial charge in [-0.2, -0.15) is 0 Å². The first kappa shape index (κ1) is 19.8. The highest BCUT2D eigenvalue weighted by Crippen LogP contribution is 2.19. The maximum atomic E-state index is 11.3. The van der Waals surface area contributed by atoms with Crippen molar-refractivity contribution in [3.05, 3.63) is 0 Å². The van der Waals surface area contributed by atoms with Gasteiger partial charge in [0.05, 0.1) is 6.61 Å². The smallest absolute Gasteiger partial charge is 0.320 e. The second kappa shape index (κ2) is 8.05. The van der Waals surface area contributed by atoms with Crippen molar-refractivity contribution in [2.45, 2.75) is 51.4 Å². The Morgan fingerprint density at radius 3 is 1.74 bits per heavy atom. The molecule has 3 atom stereocenters. The molecular formula is C15H29N3O5. The molecule has 0 saturated carbocycles. The highest BCUT2D eigenvalue weighted by atomic mass is 16.4. The molecule has 1 fully saturated rings. The van der Waals surface area contributed by atoms with Gasteiger partial charge in [0.25, 0.3) is 0 Å². The molecule has 0 aromatic rings. The average molecular weight is 331 g/mol. The summed E-state index contributed by atoms with van der Waals surface area (Å²) in [5, 5.41) is 31.2. The number of carboxylic acids is 2. The summed E-state index contributed by atoms with van der Waals surface area (Å²) >= 11 is 0. The fourth-order valence-corrected chi connectivity index (χ4v) is 3.07. The zero-order valence-electron chi connectivity index (χ0n) is 14.3. The first-order valence-corrected chi connectivity index (χ1v) is 7.92. The molecule has 4 N–H and O–H groups in total. The minimum atomic E-state index is -0.901. The molecule has 1 rings (SSSR count). The maximum Gasteiger partial charge on any atom is 0.320 e. The van der Waals surface area contributed by atoms with Gasteiger partial charge in [0, 0.05) is 37.8 Å². The fourth-order valence-electron chi connectivity index (χ4n) is 3.07. The summed E-state index contributed by atoms with van der Waals surface area (Å²) in [6.07, 6.45) is 0. The standard InChI is InChI=1S/C15H29N3O5/c1-10(7-19)16-15(4)8-17(11(2)13(20)21)5-6-18(9-15)12(3)14(22)23/h10-12,16,19H,5-9H2,1-4H3,(H,20,21)(H,22,23). The lowest BCUT2D eigenvalue weighted by molar-refractivity contribution is -0.144. The van der Waals surface area contributed by atoms with E-state index in [9.17, 15) is 24.9 Å². The third kappa shape index (κ3) is 5.42. The Bertz CT molecular complexity index is 401. The van der Waals surface area contributed by atoms with Crippen molar-refractivity contribution in [2.75, 3.05) is 32.8 Å². The van der Waals surface area contributed by atoms with Crippen LogP contribution in [0.15, 0.2) is 0 Å². The molecule has 0 spiro atoms. The summed E-state index contributed by atoms with van der Waals surface area (Å²) in [7, 11) is 0. The van der Waals surface area contributed by atoms with Crippen LogP contribution in [0.5, 0.6) is 0 Å². The molecule has 8 nitrogen and oxygen atoms in total. The van der Waals surface area contributed by atoms with E-state index < -0.39 is 29.6 Å². The third-order valence-corrected chi connectivity index (χ3v) is 4.46. The molecule has 1 aliphatic rings. The molecule has 23 heavy (non-hydrogen) atoms. The predicted octanol–water partition coefficient (Wildman–Crippen LogP) is -0.721. The van der Waals surface area contributed by atoms with E-state index in [0.29, 0.717) is 26.2 Å². The van der Waals surface area contributed by atoms with Crippen molar-refractivity contribution < 1.29 is 24.9 Å². The summed E-state index contributed by atoms with van der Waals surface area (Å²) in [6, 6.07) is -1.47. The molecule has 0 aromatic carbocycles. The molecule has 1 aliphatic heterocycles. The van der Waals surface area contributed by atoms with Gasteiger partial charge in [0.1, 0.15) is 12.1 Å². The van der Waals surface area contributed by atoms with E-state index >= 15 is 0 Å². The molecule has 3 unspecified atom stereocenters. The molecule has 134 valence electrons. The van der Waals surface area contributed by atoms with Gasteiger partial charge < -0.3 is 20.6 Å². The number of carbonyl (C=O) groups is 2. The predicted molar refractivity (Wildman–Crippen MR) is 85.4 cm³/mol. The molecule has 8 heteroatoms. The number of rotatable bonds is 7. The van der Waals surface area contributed by atoms with Gasteiger partial charge in [-0.15, -0.1) is 0 Å². The minimum Gasteiger partial charge on any atom is -0.480 e. The highest BCUT2D eigenvalue weighted by molar-refractivity contribution is 5.73. The van der Waals surface area contributed by atoms with Gasteiger partial charge in [-0.1, -0.05) is 0 Å². The Labute approximate surface area is 137 Å². The largest absolute Gasteiger partial charge is 0.480 e. The topological polar surface area (TPSA) is 113 Å². The highest BCUT2D eigenvalue weighted by Gasteiger charge is 2.38. The van der Waals surface area contributed by atoms with Gasteiger partial charge in [-0.05, 0) is 27.7 Å². The lowest BCUT2D eigenvalue weighted by Crippen LogP contribution is -2.60. The van der Waals surface area contributed by atoms with E-state index in [1.807, 2.05) is 23.6 Å². The van der Waals surface area contributed by atoms with Crippen molar-refractivity contribution >= 4 is 11.9 Å². The first-order chi connectivity index (χ1) is 10.6. The molecule has 1 heterocycles. The summed E-state index contributed by atoms with van der Waals surface area (Å²) in [5.41, 5.74) is -0.522. The van der Waals surface area contributed by atoms with Crippen LogP contribution in [0.2, 0.25) is 0 Å². The number of aliphatic carboxylic acids is 2. The number of aliphatic hydroxyl groups excluding tert-OH is 1. The number of carboxylic acid groups (broad SMARTS) is 2. The van der Waals surface area contributed by atoms with Crippen LogP contribution in [-0.4, -0.2) is 93.5 Å². The van der Waals surface area contributed by atoms with Gasteiger partial charge in [-0.25, -0.2) is 0 Å². The van der Waals surface area contributed by atoms with Crippen LogP contribution >= 0.6 is 0 Å². The zero-order valence-corrected chi connectivity index (χ0v) is 14.3. The summed E-state index contributed by atoms with van der Waals surface area (Å²) in [4.78, 5) is 26.3. The number of hydrogen-bond donors (Lipinski definition) is 4. The van der Waals surface area contributed by atoms with Gasteiger partial charge in [-0.3, -0.25) is 19.4 Å². The van der Waals surface area contributed by atoms with E-state index in [2.05, 4.69) is 5.32 Å². The summed E-state index contributed by atoms with van der Waals surface area (Å²) < 4.78 is 0. The summed E-state index contributed by atoms with van der Waals surface area (Å²) in [5.74, 6) is -1.80. The second-order valence-electron chi connectivity index (χ2n) is 6.76. The SMILES string of the molecule is CC(CO)NC1(C)CN(C(C)C(=O)O)CCN(C(C)C(=O)O)C1. The maximum absolute atomic E-state index is 11.3. The third-order valence-electron chi connectivity index (χ3n) is 4.46. The first-order valence-electron chi connectivity index (χ1n) is 7.92. The second-order valence-corrected chi connectivity index (χ2v) is 6.76. The Morgan fingerprint density at radius 1 is 1.04 bits per heavy atom. The fraction of sp³-hybridized carbons (Fsp3) is 0.867. The molecule has 0 aliphatic carbocycles. The number of nitrogens with zero attached hydrogens (tertiary/aromatic N) is 2. The molecule has 0 amide bonds. The van der Waals surface area contributed by atoms with Gasteiger partial charge in [0.2, 0.25) is 0 Å². The Kier molecular flexibility index (Phi) is 6.94. The number of hydrogen-bond acceptors (Lipinski definition) is 6. The van der Waals surface area contributed by atoms with Crippen molar-refractivity contribution in [1.29, 1.82) is 0 Å². The van der Waals surface area contributed by atoms with Crippen LogP contribution in [0.3, 0.4) is 0 Å². The number of aliphatic hydroxyl groups is 1. The van der Waals surface area contributed by atoms with Crippen LogP contribution in [-0.2, 0) is 9.59 Å². The lowest BCUT2D eigenvalue weighted by atomic mass is 9.98. The minimum absolute atomic E-state index is 0.0431. The van der Waals surface area contributed by atoms with Crippen molar-refractivity contribution in [2.24, 2.45) is 0 Å². The van der Waals surface area contributed by atoms with E-state index in [-0.39, 0.29) is 12.6 Å². The molecular weight excluding hydrogens is 302 g/mol.